The fourth-order valence-corrected chi connectivity index (χ4v) is 7.02. The number of nitrogens with zero attached hydrogens (tertiary/aromatic N) is 5. The van der Waals surface area contributed by atoms with Gasteiger partial charge in [-0.15, -0.1) is 0 Å². The van der Waals surface area contributed by atoms with E-state index in [1.54, 1.807) is 17.5 Å². The highest BCUT2D eigenvalue weighted by atomic mass is 16.2. The molecule has 0 spiro atoms. The van der Waals surface area contributed by atoms with Crippen LogP contribution in [0.15, 0.2) is 46.7 Å². The van der Waals surface area contributed by atoms with Gasteiger partial charge in [-0.3, -0.25) is 9.89 Å². The van der Waals surface area contributed by atoms with Gasteiger partial charge >= 0.3 is 6.03 Å². The van der Waals surface area contributed by atoms with Gasteiger partial charge in [-0.05, 0) is 97.0 Å². The molecular weight excluding hydrogens is 520 g/mol. The third-order valence-corrected chi connectivity index (χ3v) is 10.4. The third kappa shape index (κ3) is 7.84. The maximum absolute atomic E-state index is 10.6. The summed E-state index contributed by atoms with van der Waals surface area (Å²) in [7, 11) is 8.37. The Labute approximate surface area is 255 Å². The van der Waals surface area contributed by atoms with Crippen LogP contribution in [-0.2, 0) is 7.05 Å². The zero-order valence-corrected chi connectivity index (χ0v) is 27.6. The number of likely N-dealkylation sites (tertiary alicyclic amines) is 1. The van der Waals surface area contributed by atoms with Crippen LogP contribution in [0.2, 0.25) is 0 Å². The minimum absolute atomic E-state index is 0.0394. The molecule has 5 atom stereocenters. The van der Waals surface area contributed by atoms with Crippen molar-refractivity contribution in [1.29, 1.82) is 0 Å². The van der Waals surface area contributed by atoms with Crippen molar-refractivity contribution < 1.29 is 4.79 Å². The van der Waals surface area contributed by atoms with Crippen LogP contribution < -0.4 is 5.32 Å². The van der Waals surface area contributed by atoms with Crippen LogP contribution in [0, 0.1) is 12.8 Å². The first-order chi connectivity index (χ1) is 20.1. The van der Waals surface area contributed by atoms with Gasteiger partial charge < -0.3 is 19.7 Å². The number of amides is 2. The molecule has 3 fully saturated rings. The Kier molecular flexibility index (Phi) is 11.3. The molecule has 42 heavy (non-hydrogen) atoms. The van der Waals surface area contributed by atoms with E-state index < -0.39 is 0 Å². The number of likely N-dealkylation sites (N-methyl/N-ethyl adjacent to an activating group) is 2. The molecule has 2 aromatic rings. The number of carbonyl (C=O) groups is 1. The standard InChI is InChI=1S/C11H21N.C10H11N.C9H14N2.C5H10N2O/c1-9-7-8-10-5-3-4-6-11(10)12(9)2;1-8-7-11(2)10-6-4-3-5-9(8)10;1-7-5-8-3-4-10-9(8)6-11(7)2;1-4-3-6-5(8)7(4)2/h9-11H,3-8H2,1-2H3;3-7H,1-2H3;4,7H,3,5-6H2,1-2H3;4H,3H2,1-2H3,(H,6,8). The van der Waals surface area contributed by atoms with E-state index in [0.717, 1.165) is 37.5 Å². The van der Waals surface area contributed by atoms with Crippen LogP contribution in [0.1, 0.15) is 77.7 Å². The van der Waals surface area contributed by atoms with Crippen molar-refractivity contribution in [1.82, 2.24) is 24.6 Å². The average Bonchev–Trinajstić information content (AvgIpc) is 3.65. The number of carbonyl (C=O) groups excluding carboxylic acids is 1. The van der Waals surface area contributed by atoms with Crippen molar-refractivity contribution >= 4 is 23.1 Å². The highest BCUT2D eigenvalue weighted by molar-refractivity contribution is 5.83. The molecule has 2 amide bonds. The first-order valence-corrected chi connectivity index (χ1v) is 16.2. The number of aryl methyl sites for hydroxylation is 2. The number of para-hydroxylation sites is 1. The lowest BCUT2D eigenvalue weighted by molar-refractivity contribution is 0.0447. The van der Waals surface area contributed by atoms with E-state index in [2.05, 4.69) is 97.1 Å². The lowest BCUT2D eigenvalue weighted by Gasteiger charge is -2.45. The summed E-state index contributed by atoms with van der Waals surface area (Å²) in [5.74, 6) is 1.04. The summed E-state index contributed by atoms with van der Waals surface area (Å²) in [4.78, 5) is 21.6. The van der Waals surface area contributed by atoms with Gasteiger partial charge in [-0.1, -0.05) is 31.0 Å². The maximum atomic E-state index is 10.6. The Bertz CT molecular complexity index is 1210. The van der Waals surface area contributed by atoms with Crippen LogP contribution in [-0.4, -0.2) is 89.9 Å². The van der Waals surface area contributed by atoms with Crippen LogP contribution in [0.5, 0.6) is 0 Å². The molecule has 0 radical (unpaired) electrons. The molecule has 5 heterocycles. The zero-order valence-electron chi connectivity index (χ0n) is 27.6. The number of hydrogen-bond donors (Lipinski definition) is 1. The summed E-state index contributed by atoms with van der Waals surface area (Å²) >= 11 is 0. The van der Waals surface area contributed by atoms with Crippen LogP contribution >= 0.6 is 0 Å². The summed E-state index contributed by atoms with van der Waals surface area (Å²) in [6.07, 6.45) is 15.4. The van der Waals surface area contributed by atoms with E-state index in [0.29, 0.717) is 12.1 Å². The first kappa shape index (κ1) is 32.3. The minimum atomic E-state index is 0.0394. The van der Waals surface area contributed by atoms with Crippen molar-refractivity contribution in [2.75, 3.05) is 34.2 Å². The van der Waals surface area contributed by atoms with E-state index in [1.165, 1.54) is 67.1 Å². The summed E-state index contributed by atoms with van der Waals surface area (Å²) in [6.45, 7) is 10.6. The Balaban J connectivity index is 0.000000130. The van der Waals surface area contributed by atoms with Crippen LogP contribution in [0.4, 0.5) is 4.79 Å². The molecule has 5 unspecified atom stereocenters. The SMILES string of the molecule is CC1CC2=C(CN1C)N=CC2.CC1CCC2CCCCC2N1C.CC1CNC(=O)N1C.Cc1cn(C)c2ccccc12. The van der Waals surface area contributed by atoms with Crippen molar-refractivity contribution in [3.63, 3.8) is 0 Å². The lowest BCUT2D eigenvalue weighted by Crippen LogP contribution is -2.48. The monoisotopic (exact) mass is 576 g/mol. The van der Waals surface area contributed by atoms with Gasteiger partial charge in [-0.2, -0.15) is 0 Å². The van der Waals surface area contributed by atoms with Gasteiger partial charge in [0.15, 0.2) is 0 Å². The van der Waals surface area contributed by atoms with Crippen molar-refractivity contribution in [3.05, 3.63) is 47.3 Å². The van der Waals surface area contributed by atoms with E-state index in [-0.39, 0.29) is 6.03 Å². The largest absolute Gasteiger partial charge is 0.350 e. The predicted molar refractivity (Wildman–Crippen MR) is 177 cm³/mol. The highest BCUT2D eigenvalue weighted by Crippen LogP contribution is 2.36. The second-order valence-corrected chi connectivity index (χ2v) is 13.3. The summed E-state index contributed by atoms with van der Waals surface area (Å²) in [5.41, 5.74) is 5.55. The topological polar surface area (TPSA) is 56.1 Å². The van der Waals surface area contributed by atoms with Crippen LogP contribution in [0.25, 0.3) is 10.9 Å². The molecule has 1 aromatic heterocycles. The van der Waals surface area contributed by atoms with Gasteiger partial charge in [0.25, 0.3) is 0 Å². The fourth-order valence-electron chi connectivity index (χ4n) is 7.02. The Morgan fingerprint density at radius 1 is 0.905 bits per heavy atom. The summed E-state index contributed by atoms with van der Waals surface area (Å²) < 4.78 is 2.16. The van der Waals surface area contributed by atoms with E-state index in [9.17, 15) is 4.79 Å². The molecule has 1 N–H and O–H groups in total. The number of benzene rings is 1. The molecule has 1 aromatic carbocycles. The molecule has 0 bridgehead atoms. The molecule has 5 aliphatic rings. The smallest absolute Gasteiger partial charge is 0.317 e. The number of rotatable bonds is 0. The highest BCUT2D eigenvalue weighted by Gasteiger charge is 2.34. The maximum Gasteiger partial charge on any atom is 0.317 e. The molecule has 7 nitrogen and oxygen atoms in total. The second kappa shape index (κ2) is 14.7. The van der Waals surface area contributed by atoms with Crippen molar-refractivity contribution in [2.24, 2.45) is 18.0 Å². The number of aliphatic imine (C=N–C) groups is 1. The van der Waals surface area contributed by atoms with Gasteiger partial charge in [0.1, 0.15) is 0 Å². The zero-order chi connectivity index (χ0) is 30.4. The third-order valence-electron chi connectivity index (χ3n) is 10.4. The van der Waals surface area contributed by atoms with Gasteiger partial charge in [0, 0.05) is 81.1 Å². The second-order valence-electron chi connectivity index (χ2n) is 13.3. The number of fused-ring (bicyclic) bond motifs is 2. The number of nitrogens with one attached hydrogen (secondary N) is 1. The molecule has 7 rings (SSSR count). The Morgan fingerprint density at radius 3 is 2.31 bits per heavy atom. The van der Waals surface area contributed by atoms with Gasteiger partial charge in [-0.25, -0.2) is 4.79 Å². The van der Waals surface area contributed by atoms with Crippen LogP contribution in [0.3, 0.4) is 0 Å². The number of hydrogen-bond acceptors (Lipinski definition) is 4. The van der Waals surface area contributed by atoms with E-state index in [4.69, 9.17) is 0 Å². The van der Waals surface area contributed by atoms with Crippen molar-refractivity contribution in [3.8, 4) is 0 Å². The number of piperidine rings is 1. The molecule has 1 saturated carbocycles. The van der Waals surface area contributed by atoms with E-state index >= 15 is 0 Å². The molecule has 7 heteroatoms. The van der Waals surface area contributed by atoms with Gasteiger partial charge in [0.2, 0.25) is 0 Å². The molecule has 2 saturated heterocycles. The van der Waals surface area contributed by atoms with E-state index in [1.807, 2.05) is 13.1 Å². The first-order valence-electron chi connectivity index (χ1n) is 16.2. The lowest BCUT2D eigenvalue weighted by atomic mass is 9.77. The molecule has 1 aliphatic carbocycles. The molecule has 232 valence electrons. The normalized spacial score (nSPS) is 29.0. The van der Waals surface area contributed by atoms with Crippen molar-refractivity contribution in [2.45, 2.75) is 103 Å². The number of urea groups is 1. The number of aromatic nitrogens is 1. The molecule has 4 aliphatic heterocycles. The molecular formula is C35H56N6O. The minimum Gasteiger partial charge on any atom is -0.350 e. The summed E-state index contributed by atoms with van der Waals surface area (Å²) in [6, 6.07) is 11.3. The van der Waals surface area contributed by atoms with Gasteiger partial charge in [0.05, 0.1) is 5.70 Å². The Morgan fingerprint density at radius 2 is 1.64 bits per heavy atom. The fraction of sp³-hybridized carbons (Fsp3) is 0.657. The Hall–Kier alpha value is -2.64. The summed E-state index contributed by atoms with van der Waals surface area (Å²) in [5, 5.41) is 4.06. The average molecular weight is 577 g/mol. The predicted octanol–water partition coefficient (Wildman–Crippen LogP) is 6.61. The quantitative estimate of drug-likeness (QED) is 0.384.